The van der Waals surface area contributed by atoms with E-state index < -0.39 is 5.82 Å². The summed E-state index contributed by atoms with van der Waals surface area (Å²) in [7, 11) is 0. The fourth-order valence-corrected chi connectivity index (χ4v) is 1.44. The van der Waals surface area contributed by atoms with Crippen molar-refractivity contribution in [3.8, 4) is 5.75 Å². The molecule has 0 aliphatic heterocycles. The lowest BCUT2D eigenvalue weighted by Gasteiger charge is -2.03. The highest BCUT2D eigenvalue weighted by molar-refractivity contribution is 6.17. The molecule has 0 radical (unpaired) electrons. The van der Waals surface area contributed by atoms with Crippen molar-refractivity contribution in [3.63, 3.8) is 0 Å². The Balaban J connectivity index is 2.29. The number of carbonyl (C=O) groups excluding carboxylic acids is 1. The van der Waals surface area contributed by atoms with E-state index in [0.717, 1.165) is 19.3 Å². The van der Waals surface area contributed by atoms with Crippen LogP contribution in [0.5, 0.6) is 5.75 Å². The number of ether oxygens (including phenoxy) is 1. The van der Waals surface area contributed by atoms with E-state index in [9.17, 15) is 9.18 Å². The van der Waals surface area contributed by atoms with Gasteiger partial charge in [0.1, 0.15) is 11.6 Å². The van der Waals surface area contributed by atoms with Gasteiger partial charge in [-0.15, -0.1) is 11.6 Å². The maximum atomic E-state index is 12.8. The highest BCUT2D eigenvalue weighted by atomic mass is 35.5. The Labute approximate surface area is 99.4 Å². The highest BCUT2D eigenvalue weighted by Gasteiger charge is 2.04. The van der Waals surface area contributed by atoms with Crippen molar-refractivity contribution < 1.29 is 13.9 Å². The van der Waals surface area contributed by atoms with Gasteiger partial charge in [0.2, 0.25) is 0 Å². The summed E-state index contributed by atoms with van der Waals surface area (Å²) in [6.45, 7) is 0. The molecule has 0 heterocycles. The largest absolute Gasteiger partial charge is 0.426 e. The van der Waals surface area contributed by atoms with Gasteiger partial charge < -0.3 is 4.74 Å². The second-order valence-corrected chi connectivity index (χ2v) is 3.81. The molecule has 16 heavy (non-hydrogen) atoms. The molecule has 1 aromatic carbocycles. The molecule has 1 rings (SSSR count). The summed E-state index contributed by atoms with van der Waals surface area (Å²) in [5.41, 5.74) is 0. The SMILES string of the molecule is O=C(CCCCCCl)Oc1cccc(F)c1. The van der Waals surface area contributed by atoms with Gasteiger partial charge in [-0.2, -0.15) is 0 Å². The summed E-state index contributed by atoms with van der Waals surface area (Å²) in [4.78, 5) is 11.3. The summed E-state index contributed by atoms with van der Waals surface area (Å²) >= 11 is 5.51. The van der Waals surface area contributed by atoms with E-state index in [2.05, 4.69) is 0 Å². The standard InChI is InChI=1S/C12H14ClFO2/c13-8-3-1-2-7-12(15)16-11-6-4-5-10(14)9-11/h4-6,9H,1-3,7-8H2. The van der Waals surface area contributed by atoms with Crippen LogP contribution < -0.4 is 4.74 Å². The van der Waals surface area contributed by atoms with Crippen molar-refractivity contribution in [2.75, 3.05) is 5.88 Å². The van der Waals surface area contributed by atoms with Crippen molar-refractivity contribution in [2.24, 2.45) is 0 Å². The first-order valence-electron chi connectivity index (χ1n) is 5.24. The summed E-state index contributed by atoms with van der Waals surface area (Å²) < 4.78 is 17.7. The van der Waals surface area contributed by atoms with Crippen LogP contribution in [0, 0.1) is 5.82 Å². The Bertz CT molecular complexity index is 342. The quantitative estimate of drug-likeness (QED) is 0.331. The van der Waals surface area contributed by atoms with Crippen LogP contribution in [0.3, 0.4) is 0 Å². The van der Waals surface area contributed by atoms with E-state index >= 15 is 0 Å². The minimum absolute atomic E-state index is 0.252. The van der Waals surface area contributed by atoms with Gasteiger partial charge in [-0.3, -0.25) is 4.79 Å². The zero-order valence-corrected chi connectivity index (χ0v) is 9.67. The van der Waals surface area contributed by atoms with E-state index in [-0.39, 0.29) is 11.7 Å². The van der Waals surface area contributed by atoms with Crippen molar-refractivity contribution >= 4 is 17.6 Å². The molecule has 0 saturated carbocycles. The zero-order chi connectivity index (χ0) is 11.8. The molecule has 0 fully saturated rings. The number of hydrogen-bond acceptors (Lipinski definition) is 2. The third kappa shape index (κ3) is 5.12. The fraction of sp³-hybridized carbons (Fsp3) is 0.417. The van der Waals surface area contributed by atoms with Crippen LogP contribution >= 0.6 is 11.6 Å². The van der Waals surface area contributed by atoms with Gasteiger partial charge in [-0.05, 0) is 25.0 Å². The van der Waals surface area contributed by atoms with Gasteiger partial charge in [0.15, 0.2) is 0 Å². The van der Waals surface area contributed by atoms with Crippen molar-refractivity contribution in [1.82, 2.24) is 0 Å². The van der Waals surface area contributed by atoms with Crippen LogP contribution in [-0.2, 0) is 4.79 Å². The monoisotopic (exact) mass is 244 g/mol. The summed E-state index contributed by atoms with van der Waals surface area (Å²) in [6.07, 6.45) is 2.89. The summed E-state index contributed by atoms with van der Waals surface area (Å²) in [5.74, 6) is 0.119. The molecule has 88 valence electrons. The molecule has 0 saturated heterocycles. The lowest BCUT2D eigenvalue weighted by molar-refractivity contribution is -0.134. The van der Waals surface area contributed by atoms with E-state index in [1.807, 2.05) is 0 Å². The highest BCUT2D eigenvalue weighted by Crippen LogP contribution is 2.13. The summed E-state index contributed by atoms with van der Waals surface area (Å²) in [6, 6.07) is 5.56. The van der Waals surface area contributed by atoms with E-state index in [1.165, 1.54) is 18.2 Å². The fourth-order valence-electron chi connectivity index (χ4n) is 1.25. The Morgan fingerprint density at radius 3 is 2.81 bits per heavy atom. The Kier molecular flexibility index (Phi) is 5.86. The van der Waals surface area contributed by atoms with Gasteiger partial charge in [-0.25, -0.2) is 4.39 Å². The molecular formula is C12H14ClFO2. The van der Waals surface area contributed by atoms with Crippen LogP contribution in [0.15, 0.2) is 24.3 Å². The third-order valence-electron chi connectivity index (χ3n) is 2.04. The number of esters is 1. The topological polar surface area (TPSA) is 26.3 Å². The maximum absolute atomic E-state index is 12.8. The smallest absolute Gasteiger partial charge is 0.311 e. The van der Waals surface area contributed by atoms with Gasteiger partial charge in [0.05, 0.1) is 0 Å². The Hall–Kier alpha value is -1.09. The van der Waals surface area contributed by atoms with Crippen LogP contribution in [0.1, 0.15) is 25.7 Å². The number of halogens is 2. The molecule has 2 nitrogen and oxygen atoms in total. The number of rotatable bonds is 6. The molecule has 0 aromatic heterocycles. The lowest BCUT2D eigenvalue weighted by Crippen LogP contribution is -2.07. The average Bonchev–Trinajstić information content (AvgIpc) is 2.24. The molecule has 0 N–H and O–H groups in total. The minimum atomic E-state index is -0.410. The molecule has 0 aliphatic rings. The first-order chi connectivity index (χ1) is 7.72. The summed E-state index contributed by atoms with van der Waals surface area (Å²) in [5, 5.41) is 0. The molecule has 1 aromatic rings. The molecule has 0 amide bonds. The van der Waals surface area contributed by atoms with Gasteiger partial charge in [-0.1, -0.05) is 12.5 Å². The first-order valence-corrected chi connectivity index (χ1v) is 5.78. The van der Waals surface area contributed by atoms with Crippen LogP contribution in [0.25, 0.3) is 0 Å². The number of alkyl halides is 1. The Morgan fingerprint density at radius 2 is 2.12 bits per heavy atom. The van der Waals surface area contributed by atoms with E-state index in [1.54, 1.807) is 6.07 Å². The van der Waals surface area contributed by atoms with Crippen molar-refractivity contribution in [3.05, 3.63) is 30.1 Å². The van der Waals surface area contributed by atoms with E-state index in [0.29, 0.717) is 12.3 Å². The zero-order valence-electron chi connectivity index (χ0n) is 8.92. The van der Waals surface area contributed by atoms with Crippen LogP contribution in [-0.4, -0.2) is 11.8 Å². The molecule has 0 unspecified atom stereocenters. The second kappa shape index (κ2) is 7.23. The van der Waals surface area contributed by atoms with Gasteiger partial charge in [0, 0.05) is 18.4 Å². The molecule has 4 heteroatoms. The molecule has 0 atom stereocenters. The predicted molar refractivity (Wildman–Crippen MR) is 61.2 cm³/mol. The molecule has 0 bridgehead atoms. The average molecular weight is 245 g/mol. The number of hydrogen-bond donors (Lipinski definition) is 0. The van der Waals surface area contributed by atoms with Crippen LogP contribution in [0.2, 0.25) is 0 Å². The van der Waals surface area contributed by atoms with Crippen molar-refractivity contribution in [1.29, 1.82) is 0 Å². The molecule has 0 spiro atoms. The number of unbranched alkanes of at least 4 members (excludes halogenated alkanes) is 2. The maximum Gasteiger partial charge on any atom is 0.311 e. The third-order valence-corrected chi connectivity index (χ3v) is 2.31. The van der Waals surface area contributed by atoms with Crippen molar-refractivity contribution in [2.45, 2.75) is 25.7 Å². The minimum Gasteiger partial charge on any atom is -0.426 e. The molecule has 0 aliphatic carbocycles. The van der Waals surface area contributed by atoms with E-state index in [4.69, 9.17) is 16.3 Å². The second-order valence-electron chi connectivity index (χ2n) is 3.43. The lowest BCUT2D eigenvalue weighted by atomic mass is 10.2. The molecular weight excluding hydrogens is 231 g/mol. The van der Waals surface area contributed by atoms with Crippen LogP contribution in [0.4, 0.5) is 4.39 Å². The van der Waals surface area contributed by atoms with Gasteiger partial charge in [0.25, 0.3) is 0 Å². The number of carbonyl (C=O) groups is 1. The number of benzene rings is 1. The first kappa shape index (κ1) is 13.0. The Morgan fingerprint density at radius 1 is 1.31 bits per heavy atom. The van der Waals surface area contributed by atoms with Gasteiger partial charge >= 0.3 is 5.97 Å². The predicted octanol–water partition coefficient (Wildman–Crippen LogP) is 3.53. The normalized spacial score (nSPS) is 10.1.